The molecule has 0 heterocycles. The van der Waals surface area contributed by atoms with E-state index in [0.717, 1.165) is 0 Å². The van der Waals surface area contributed by atoms with Gasteiger partial charge in [-0.3, -0.25) is 0 Å². The van der Waals surface area contributed by atoms with E-state index in [4.69, 9.17) is 0 Å². The molecule has 1 aromatic carbocycles. The van der Waals surface area contributed by atoms with Gasteiger partial charge in [-0.15, -0.1) is 0 Å². The Balaban J connectivity index is 3.03. The summed E-state index contributed by atoms with van der Waals surface area (Å²) in [5.74, 6) is -0.131. The van der Waals surface area contributed by atoms with Crippen LogP contribution < -0.4 is 5.46 Å². The van der Waals surface area contributed by atoms with Gasteiger partial charge in [-0.1, -0.05) is 12.1 Å². The fourth-order valence-corrected chi connectivity index (χ4v) is 0.367. The highest BCUT2D eigenvalue weighted by molar-refractivity contribution is 6.32. The van der Waals surface area contributed by atoms with Crippen LogP contribution in [0.5, 0.6) is 0 Å². The van der Waals surface area contributed by atoms with Crippen LogP contribution >= 0.6 is 0 Å². The van der Waals surface area contributed by atoms with E-state index in [-0.39, 0.29) is 13.7 Å². The maximum Gasteiger partial charge on any atom is 0.122 e. The smallest absolute Gasteiger partial charge is 0.122 e. The fraction of sp³-hybridized carbons (Fsp3) is 0. The van der Waals surface area contributed by atoms with E-state index < -0.39 is 0 Å². The predicted molar refractivity (Wildman–Crippen MR) is 36.0 cm³/mol. The fourth-order valence-electron chi connectivity index (χ4n) is 0.367. The Morgan fingerprint density at radius 3 is 2.00 bits per heavy atom. The third kappa shape index (κ3) is 1.09. The lowest BCUT2D eigenvalue weighted by Gasteiger charge is -1.92. The standard InChI is InChI=1S/C6H7BF/c7-5-1-3-6(8)4-2-5/h1-4H,7H3/q-1. The van der Waals surface area contributed by atoms with E-state index in [9.17, 15) is 4.39 Å². The molecule has 0 aliphatic carbocycles. The van der Waals surface area contributed by atoms with Gasteiger partial charge in [0.1, 0.15) is 5.82 Å². The monoisotopic (exact) mass is 109 g/mol. The van der Waals surface area contributed by atoms with Crippen LogP contribution in [0.3, 0.4) is 0 Å². The van der Waals surface area contributed by atoms with Crippen molar-refractivity contribution in [2.75, 3.05) is 0 Å². The summed E-state index contributed by atoms with van der Waals surface area (Å²) < 4.78 is 12.1. The molecule has 42 valence electrons. The zero-order valence-corrected chi connectivity index (χ0v) is 3.69. The van der Waals surface area contributed by atoms with E-state index in [1.165, 1.54) is 17.6 Å². The van der Waals surface area contributed by atoms with Crippen molar-refractivity contribution in [2.45, 2.75) is 0 Å². The lowest BCUT2D eigenvalue weighted by Crippen LogP contribution is -1.98. The average Bonchev–Trinajstić information content (AvgIpc) is 1.77. The summed E-state index contributed by atoms with van der Waals surface area (Å²) in [6, 6.07) is 6.75. The van der Waals surface area contributed by atoms with Gasteiger partial charge in [0, 0.05) is 0 Å². The van der Waals surface area contributed by atoms with Crippen molar-refractivity contribution in [3.63, 3.8) is 0 Å². The first-order valence-corrected chi connectivity index (χ1v) is 2.01. The summed E-state index contributed by atoms with van der Waals surface area (Å²) >= 11 is 0. The van der Waals surface area contributed by atoms with E-state index in [1.54, 1.807) is 0 Å². The normalized spacial score (nSPS) is 9.25. The summed E-state index contributed by atoms with van der Waals surface area (Å²) in [5.41, 5.74) is 1.34. The van der Waals surface area contributed by atoms with E-state index in [2.05, 4.69) is 0 Å². The highest BCUT2D eigenvalue weighted by Crippen LogP contribution is 1.89. The number of halogens is 1. The highest BCUT2D eigenvalue weighted by Gasteiger charge is 1.80. The minimum Gasteiger partial charge on any atom is -0.221 e. The van der Waals surface area contributed by atoms with Crippen LogP contribution in [-0.2, 0) is 0 Å². The second-order valence-electron chi connectivity index (χ2n) is 1.22. The summed E-state index contributed by atoms with van der Waals surface area (Å²) in [6.07, 6.45) is 0. The number of benzene rings is 1. The molecule has 1 aromatic rings. The van der Waals surface area contributed by atoms with Crippen molar-refractivity contribution in [2.24, 2.45) is 0 Å². The molecule has 0 unspecified atom stereocenters. The zero-order chi connectivity index (χ0) is 5.98. The maximum atomic E-state index is 12.1. The molecule has 2 heteroatoms. The van der Waals surface area contributed by atoms with E-state index >= 15 is 0 Å². The van der Waals surface area contributed by atoms with Gasteiger partial charge in [0.2, 0.25) is 0 Å². The molecule has 0 fully saturated rings. The lowest BCUT2D eigenvalue weighted by atomic mass is 9.97. The van der Waals surface area contributed by atoms with Crippen LogP contribution in [0.15, 0.2) is 24.3 Å². The minimum absolute atomic E-state index is 0.131. The van der Waals surface area contributed by atoms with Crippen molar-refractivity contribution in [3.8, 4) is 0 Å². The lowest BCUT2D eigenvalue weighted by molar-refractivity contribution is 0.628. The Hall–Kier alpha value is -0.785. The molecule has 0 aliphatic rings. The molecule has 0 N–H and O–H groups in total. The molecule has 0 saturated heterocycles. The minimum atomic E-state index is -0.131. The van der Waals surface area contributed by atoms with Crippen molar-refractivity contribution < 1.29 is 4.39 Å². The largest absolute Gasteiger partial charge is 0.221 e. The van der Waals surface area contributed by atoms with Crippen LogP contribution in [0.25, 0.3) is 0 Å². The van der Waals surface area contributed by atoms with Crippen molar-refractivity contribution in [1.29, 1.82) is 0 Å². The van der Waals surface area contributed by atoms with Crippen LogP contribution in [0.2, 0.25) is 0 Å². The van der Waals surface area contributed by atoms with Gasteiger partial charge < -0.3 is 0 Å². The summed E-state index contributed by atoms with van der Waals surface area (Å²) in [6.45, 7) is 0. The Labute approximate surface area is 48.7 Å². The second kappa shape index (κ2) is 1.99. The van der Waals surface area contributed by atoms with Gasteiger partial charge in [0.05, 0.1) is 0 Å². The molecule has 0 aromatic heterocycles. The summed E-state index contributed by atoms with van der Waals surface area (Å²) in [7, 11) is 0.265. The molecule has 1 rings (SSSR count). The highest BCUT2D eigenvalue weighted by atomic mass is 19.1. The Morgan fingerprint density at radius 1 is 1.12 bits per heavy atom. The van der Waals surface area contributed by atoms with Gasteiger partial charge in [-0.2, -0.15) is 0 Å². The third-order valence-corrected chi connectivity index (χ3v) is 0.678. The van der Waals surface area contributed by atoms with Crippen molar-refractivity contribution in [1.82, 2.24) is 0 Å². The number of hydrogen-bond donors (Lipinski definition) is 0. The summed E-state index contributed by atoms with van der Waals surface area (Å²) in [4.78, 5) is 0. The SMILES string of the molecule is [BH3-]c1ccc(F)cc1. The molecule has 0 saturated carbocycles. The molecule has 0 aliphatic heterocycles. The Kier molecular flexibility index (Phi) is 1.33. The van der Waals surface area contributed by atoms with Crippen LogP contribution in [0, 0.1) is 5.82 Å². The summed E-state index contributed by atoms with van der Waals surface area (Å²) in [5, 5.41) is 0. The number of rotatable bonds is 0. The van der Waals surface area contributed by atoms with Gasteiger partial charge in [0.15, 0.2) is 0 Å². The molecule has 8 heavy (non-hydrogen) atoms. The van der Waals surface area contributed by atoms with Gasteiger partial charge in [0.25, 0.3) is 0 Å². The third-order valence-electron chi connectivity index (χ3n) is 0.678. The van der Waals surface area contributed by atoms with Crippen LogP contribution in [-0.4, -0.2) is 7.85 Å². The predicted octanol–water partition coefficient (Wildman–Crippen LogP) is -0.184. The maximum absolute atomic E-state index is 12.1. The van der Waals surface area contributed by atoms with Gasteiger partial charge in [-0.05, 0) is 20.0 Å². The van der Waals surface area contributed by atoms with Gasteiger partial charge >= 0.3 is 0 Å². The first-order chi connectivity index (χ1) is 3.79. The second-order valence-corrected chi connectivity index (χ2v) is 1.22. The number of hydrogen-bond acceptors (Lipinski definition) is 0. The van der Waals surface area contributed by atoms with Crippen LogP contribution in [0.1, 0.15) is 0 Å². The Bertz CT molecular complexity index is 147. The zero-order valence-electron chi connectivity index (χ0n) is 3.69. The average molecular weight is 109 g/mol. The van der Waals surface area contributed by atoms with Crippen LogP contribution in [0.4, 0.5) is 4.39 Å². The molecule has 0 atom stereocenters. The Morgan fingerprint density at radius 2 is 1.62 bits per heavy atom. The van der Waals surface area contributed by atoms with Gasteiger partial charge in [-0.25, -0.2) is 9.85 Å². The van der Waals surface area contributed by atoms with E-state index in [1.807, 2.05) is 12.1 Å². The van der Waals surface area contributed by atoms with E-state index in [0.29, 0.717) is 0 Å². The quantitative estimate of drug-likeness (QED) is 0.405. The van der Waals surface area contributed by atoms with Crippen molar-refractivity contribution in [3.05, 3.63) is 30.1 Å². The molecule has 0 bridgehead atoms. The molecule has 0 nitrogen and oxygen atoms in total. The molecular weight excluding hydrogens is 102 g/mol. The molecule has 0 amide bonds. The first kappa shape index (κ1) is 5.35. The first-order valence-electron chi connectivity index (χ1n) is 2.01. The molecule has 0 spiro atoms. The van der Waals surface area contributed by atoms with Crippen molar-refractivity contribution >= 4 is 13.3 Å². The molecular formula is C6H7BF-. The topological polar surface area (TPSA) is 0 Å². The molecule has 0 radical (unpaired) electrons.